The number of aromatic nitrogens is 1. The molecule has 2 heterocycles. The van der Waals surface area contributed by atoms with Crippen LogP contribution in [0.2, 0.25) is 0 Å². The summed E-state index contributed by atoms with van der Waals surface area (Å²) in [6.45, 7) is 11.4. The van der Waals surface area contributed by atoms with Crippen LogP contribution in [0.4, 0.5) is 0 Å². The average molecular weight is 431 g/mol. The summed E-state index contributed by atoms with van der Waals surface area (Å²) in [5, 5.41) is 5.10. The first kappa shape index (κ1) is 22.6. The van der Waals surface area contributed by atoms with E-state index < -0.39 is 0 Å². The number of benzene rings is 1. The second-order valence-electron chi connectivity index (χ2n) is 8.03. The number of fused-ring (bicyclic) bond motifs is 1. The van der Waals surface area contributed by atoms with Crippen LogP contribution in [0.5, 0.6) is 5.75 Å². The highest BCUT2D eigenvalue weighted by Gasteiger charge is 2.18. The lowest BCUT2D eigenvalue weighted by Gasteiger charge is -2.29. The Morgan fingerprint density at radius 2 is 2.07 bits per heavy atom. The van der Waals surface area contributed by atoms with Gasteiger partial charge in [0.05, 0.1) is 13.2 Å². The maximum absolute atomic E-state index is 12.8. The van der Waals surface area contributed by atoms with Gasteiger partial charge < -0.3 is 24.8 Å². The molecule has 1 fully saturated rings. The van der Waals surface area contributed by atoms with Crippen molar-refractivity contribution in [3.05, 3.63) is 40.2 Å². The third kappa shape index (κ3) is 5.95. The molecule has 6 nitrogen and oxygen atoms in total. The predicted octanol–water partition coefficient (Wildman–Crippen LogP) is 3.50. The van der Waals surface area contributed by atoms with Gasteiger partial charge in [-0.2, -0.15) is 0 Å². The minimum atomic E-state index is -0.0656. The first-order valence-corrected chi connectivity index (χ1v) is 11.5. The van der Waals surface area contributed by atoms with Crippen molar-refractivity contribution in [3.8, 4) is 5.75 Å². The molecule has 1 saturated heterocycles. The third-order valence-corrected chi connectivity index (χ3v) is 6.10. The van der Waals surface area contributed by atoms with Gasteiger partial charge in [-0.1, -0.05) is 6.92 Å². The lowest BCUT2D eigenvalue weighted by atomic mass is 10.1. The molecule has 0 bridgehead atoms. The van der Waals surface area contributed by atoms with Crippen molar-refractivity contribution >= 4 is 28.2 Å². The van der Waals surface area contributed by atoms with Crippen molar-refractivity contribution in [1.29, 1.82) is 0 Å². The smallest absolute Gasteiger partial charge is 0.253 e. The number of ether oxygens (including phenoxy) is 1. The third-order valence-electron chi connectivity index (χ3n) is 5.72. The Labute approximate surface area is 184 Å². The van der Waals surface area contributed by atoms with E-state index in [1.165, 1.54) is 12.8 Å². The zero-order valence-electron chi connectivity index (χ0n) is 18.4. The van der Waals surface area contributed by atoms with Gasteiger partial charge >= 0.3 is 0 Å². The highest BCUT2D eigenvalue weighted by atomic mass is 32.1. The summed E-state index contributed by atoms with van der Waals surface area (Å²) in [6, 6.07) is 8.02. The van der Waals surface area contributed by atoms with Crippen LogP contribution in [0.25, 0.3) is 10.9 Å². The van der Waals surface area contributed by atoms with Gasteiger partial charge in [-0.25, -0.2) is 0 Å². The van der Waals surface area contributed by atoms with Crippen molar-refractivity contribution < 1.29 is 4.74 Å². The van der Waals surface area contributed by atoms with Crippen LogP contribution >= 0.6 is 12.2 Å². The molecule has 1 aliphatic heterocycles. The van der Waals surface area contributed by atoms with Crippen LogP contribution in [-0.2, 0) is 6.54 Å². The Kier molecular flexibility index (Phi) is 8.10. The lowest BCUT2D eigenvalue weighted by Crippen LogP contribution is -2.46. The van der Waals surface area contributed by atoms with Crippen LogP contribution < -0.4 is 15.6 Å². The number of thiocarbonyl (C=S) groups is 1. The highest BCUT2D eigenvalue weighted by Crippen LogP contribution is 2.20. The summed E-state index contributed by atoms with van der Waals surface area (Å²) in [6.07, 6.45) is 3.53. The van der Waals surface area contributed by atoms with E-state index in [4.69, 9.17) is 17.0 Å². The zero-order valence-corrected chi connectivity index (χ0v) is 19.2. The fourth-order valence-corrected chi connectivity index (χ4v) is 4.09. The number of likely N-dealkylation sites (tertiary alicyclic amines) is 1. The number of H-pyrrole nitrogens is 1. The molecule has 3 rings (SSSR count). The monoisotopic (exact) mass is 430 g/mol. The molecule has 0 spiro atoms. The molecule has 1 atom stereocenters. The van der Waals surface area contributed by atoms with Crippen molar-refractivity contribution in [2.24, 2.45) is 0 Å². The fourth-order valence-electron chi connectivity index (χ4n) is 3.73. The van der Waals surface area contributed by atoms with Gasteiger partial charge in [-0.15, -0.1) is 0 Å². The first-order valence-electron chi connectivity index (χ1n) is 11.1. The van der Waals surface area contributed by atoms with Crippen LogP contribution in [0.1, 0.15) is 45.6 Å². The summed E-state index contributed by atoms with van der Waals surface area (Å²) >= 11 is 5.72. The minimum absolute atomic E-state index is 0.0656. The molecular weight excluding hydrogens is 396 g/mol. The van der Waals surface area contributed by atoms with E-state index in [9.17, 15) is 4.79 Å². The maximum Gasteiger partial charge on any atom is 0.253 e. The SMILES string of the molecule is CCOc1ccc2[nH]c(=O)c(CN(CCN3CCCC3)C(=S)N[C@H](C)CC)cc2c1. The van der Waals surface area contributed by atoms with E-state index in [0.717, 1.165) is 49.3 Å². The van der Waals surface area contributed by atoms with Crippen LogP contribution in [0, 0.1) is 0 Å². The number of rotatable bonds is 9. The lowest BCUT2D eigenvalue weighted by molar-refractivity contribution is 0.284. The molecule has 1 aliphatic rings. The molecule has 2 N–H and O–H groups in total. The van der Waals surface area contributed by atoms with E-state index in [1.54, 1.807) is 0 Å². The van der Waals surface area contributed by atoms with E-state index in [-0.39, 0.29) is 5.56 Å². The molecule has 0 aliphatic carbocycles. The Bertz CT molecular complexity index is 908. The molecule has 0 unspecified atom stereocenters. The van der Waals surface area contributed by atoms with E-state index in [0.29, 0.717) is 29.9 Å². The molecule has 1 aromatic heterocycles. The summed E-state index contributed by atoms with van der Waals surface area (Å²) in [4.78, 5) is 20.4. The number of aromatic amines is 1. The molecule has 1 aromatic carbocycles. The fraction of sp³-hybridized carbons (Fsp3) is 0.565. The van der Waals surface area contributed by atoms with Gasteiger partial charge in [0.15, 0.2) is 5.11 Å². The molecule has 0 saturated carbocycles. The van der Waals surface area contributed by atoms with Gasteiger partial charge in [0, 0.05) is 35.6 Å². The summed E-state index contributed by atoms with van der Waals surface area (Å²) < 4.78 is 5.62. The number of hydrogen-bond acceptors (Lipinski definition) is 4. The molecule has 30 heavy (non-hydrogen) atoms. The standard InChI is InChI=1S/C23H34N4O2S/c1-4-17(3)24-23(30)27(13-12-26-10-6-7-11-26)16-19-14-18-15-20(29-5-2)8-9-21(18)25-22(19)28/h8-9,14-15,17H,4-7,10-13,16H2,1-3H3,(H,24,30)(H,25,28)/t17-/m1/s1. The van der Waals surface area contributed by atoms with Gasteiger partial charge in [0.2, 0.25) is 0 Å². The number of nitrogens with one attached hydrogen (secondary N) is 2. The largest absolute Gasteiger partial charge is 0.494 e. The van der Waals surface area contributed by atoms with E-state index in [1.807, 2.05) is 31.2 Å². The van der Waals surface area contributed by atoms with Crippen LogP contribution in [0.3, 0.4) is 0 Å². The topological polar surface area (TPSA) is 60.6 Å². The van der Waals surface area contributed by atoms with Gasteiger partial charge in [0.1, 0.15) is 5.75 Å². The first-order chi connectivity index (χ1) is 14.5. The molecule has 0 amide bonds. The quantitative estimate of drug-likeness (QED) is 0.594. The molecule has 164 valence electrons. The minimum Gasteiger partial charge on any atom is -0.494 e. The normalized spacial score (nSPS) is 15.3. The number of nitrogens with zero attached hydrogens (tertiary/aromatic N) is 2. The van der Waals surface area contributed by atoms with E-state index >= 15 is 0 Å². The highest BCUT2D eigenvalue weighted by molar-refractivity contribution is 7.80. The summed E-state index contributed by atoms with van der Waals surface area (Å²) in [7, 11) is 0. The van der Waals surface area contributed by atoms with Crippen molar-refractivity contribution in [1.82, 2.24) is 20.1 Å². The van der Waals surface area contributed by atoms with Gasteiger partial charge in [0.25, 0.3) is 5.56 Å². The number of pyridine rings is 1. The van der Waals surface area contributed by atoms with Gasteiger partial charge in [-0.3, -0.25) is 4.79 Å². The molecule has 7 heteroatoms. The molecular formula is C23H34N4O2S. The second-order valence-corrected chi connectivity index (χ2v) is 8.42. The maximum atomic E-state index is 12.8. The van der Waals surface area contributed by atoms with Gasteiger partial charge in [-0.05, 0) is 82.7 Å². The van der Waals surface area contributed by atoms with Crippen molar-refractivity contribution in [2.45, 2.75) is 52.6 Å². The van der Waals surface area contributed by atoms with Crippen LogP contribution in [-0.4, -0.2) is 58.7 Å². The van der Waals surface area contributed by atoms with E-state index in [2.05, 4.69) is 33.9 Å². The average Bonchev–Trinajstić information content (AvgIpc) is 3.25. The van der Waals surface area contributed by atoms with Crippen molar-refractivity contribution in [2.75, 3.05) is 32.8 Å². The number of hydrogen-bond donors (Lipinski definition) is 2. The second kappa shape index (κ2) is 10.8. The van der Waals surface area contributed by atoms with Crippen molar-refractivity contribution in [3.63, 3.8) is 0 Å². The Hall–Kier alpha value is -2.12. The Balaban J connectivity index is 1.81. The summed E-state index contributed by atoms with van der Waals surface area (Å²) in [5.41, 5.74) is 1.46. The van der Waals surface area contributed by atoms with Crippen LogP contribution in [0.15, 0.2) is 29.1 Å². The Morgan fingerprint density at radius 1 is 1.30 bits per heavy atom. The molecule has 2 aromatic rings. The Morgan fingerprint density at radius 3 is 2.77 bits per heavy atom. The predicted molar refractivity (Wildman–Crippen MR) is 127 cm³/mol. The molecule has 0 radical (unpaired) electrons. The summed E-state index contributed by atoms with van der Waals surface area (Å²) in [5.74, 6) is 0.808. The zero-order chi connectivity index (χ0) is 21.5.